The summed E-state index contributed by atoms with van der Waals surface area (Å²) in [7, 11) is 3.90. The first-order valence-corrected chi connectivity index (χ1v) is 7.50. The fourth-order valence-electron chi connectivity index (χ4n) is 2.89. The maximum Gasteiger partial charge on any atom is 0.255 e. The molecule has 0 bridgehead atoms. The molecule has 3 rings (SSSR count). The largest absolute Gasteiger partial charge is 0.337 e. The molecule has 6 nitrogen and oxygen atoms in total. The van der Waals surface area contributed by atoms with Crippen LogP contribution in [0.5, 0.6) is 0 Å². The molecule has 1 atom stereocenters. The Hall–Kier alpha value is -2.21. The smallest absolute Gasteiger partial charge is 0.255 e. The molecule has 22 heavy (non-hydrogen) atoms. The Morgan fingerprint density at radius 3 is 2.59 bits per heavy atom. The zero-order valence-corrected chi connectivity index (χ0v) is 13.2. The minimum Gasteiger partial charge on any atom is -0.337 e. The molecule has 0 amide bonds. The number of hydrogen-bond acceptors (Lipinski definition) is 5. The number of nitrogens with zero attached hydrogens (tertiary/aromatic N) is 5. The van der Waals surface area contributed by atoms with Crippen molar-refractivity contribution in [1.29, 1.82) is 0 Å². The van der Waals surface area contributed by atoms with Crippen LogP contribution in [-0.4, -0.2) is 52.2 Å². The maximum atomic E-state index is 12.3. The predicted molar refractivity (Wildman–Crippen MR) is 87.0 cm³/mol. The van der Waals surface area contributed by atoms with Gasteiger partial charge in [-0.05, 0) is 26.1 Å². The zero-order chi connectivity index (χ0) is 15.7. The van der Waals surface area contributed by atoms with Gasteiger partial charge in [-0.1, -0.05) is 0 Å². The van der Waals surface area contributed by atoms with Crippen molar-refractivity contribution in [2.24, 2.45) is 7.05 Å². The second-order valence-corrected chi connectivity index (χ2v) is 5.88. The number of pyridine rings is 1. The molecule has 1 aliphatic rings. The van der Waals surface area contributed by atoms with E-state index in [1.54, 1.807) is 30.1 Å². The molecule has 0 radical (unpaired) electrons. The number of piperazine rings is 1. The van der Waals surface area contributed by atoms with E-state index < -0.39 is 0 Å². The van der Waals surface area contributed by atoms with Crippen LogP contribution in [0.3, 0.4) is 0 Å². The fraction of sp³-hybridized carbons (Fsp3) is 0.438. The molecule has 2 aromatic rings. The molecule has 1 fully saturated rings. The lowest BCUT2D eigenvalue weighted by Crippen LogP contribution is -2.52. The van der Waals surface area contributed by atoms with Crippen molar-refractivity contribution in [2.45, 2.75) is 13.0 Å². The third-order valence-corrected chi connectivity index (χ3v) is 4.17. The van der Waals surface area contributed by atoms with E-state index in [-0.39, 0.29) is 5.56 Å². The summed E-state index contributed by atoms with van der Waals surface area (Å²) in [5, 5.41) is 0. The molecule has 2 aromatic heterocycles. The van der Waals surface area contributed by atoms with Gasteiger partial charge in [0, 0.05) is 56.7 Å². The summed E-state index contributed by atoms with van der Waals surface area (Å²) in [5.41, 5.74) is 1.57. The van der Waals surface area contributed by atoms with Crippen molar-refractivity contribution >= 4 is 5.95 Å². The van der Waals surface area contributed by atoms with Gasteiger partial charge in [-0.15, -0.1) is 0 Å². The minimum absolute atomic E-state index is 0.0389. The molecule has 1 saturated heterocycles. The van der Waals surface area contributed by atoms with E-state index in [0.717, 1.165) is 31.1 Å². The van der Waals surface area contributed by atoms with Crippen LogP contribution in [0.1, 0.15) is 6.92 Å². The Bertz CT molecular complexity index is 712. The van der Waals surface area contributed by atoms with Crippen LogP contribution in [-0.2, 0) is 7.05 Å². The van der Waals surface area contributed by atoms with Crippen LogP contribution in [0.4, 0.5) is 5.95 Å². The second kappa shape index (κ2) is 5.88. The van der Waals surface area contributed by atoms with Crippen molar-refractivity contribution in [3.63, 3.8) is 0 Å². The topological polar surface area (TPSA) is 54.3 Å². The molecule has 0 spiro atoms. The molecule has 116 valence electrons. The maximum absolute atomic E-state index is 12.3. The van der Waals surface area contributed by atoms with Gasteiger partial charge in [-0.2, -0.15) is 0 Å². The molecule has 6 heteroatoms. The number of aromatic nitrogens is 3. The van der Waals surface area contributed by atoms with E-state index in [1.165, 1.54) is 0 Å². The lowest BCUT2D eigenvalue weighted by molar-refractivity contribution is 0.272. The van der Waals surface area contributed by atoms with E-state index in [4.69, 9.17) is 4.98 Å². The van der Waals surface area contributed by atoms with Gasteiger partial charge in [0.2, 0.25) is 5.95 Å². The van der Waals surface area contributed by atoms with E-state index in [2.05, 4.69) is 28.8 Å². The number of rotatable bonds is 2. The van der Waals surface area contributed by atoms with E-state index in [9.17, 15) is 4.79 Å². The first-order valence-electron chi connectivity index (χ1n) is 7.50. The Labute approximate surface area is 130 Å². The predicted octanol–water partition coefficient (Wildman–Crippen LogP) is 0.983. The van der Waals surface area contributed by atoms with E-state index in [1.807, 2.05) is 12.1 Å². The van der Waals surface area contributed by atoms with Crippen LogP contribution in [0.25, 0.3) is 11.3 Å². The quantitative estimate of drug-likeness (QED) is 0.827. The Morgan fingerprint density at radius 1 is 1.18 bits per heavy atom. The van der Waals surface area contributed by atoms with Crippen LogP contribution in [0.15, 0.2) is 35.4 Å². The number of anilines is 1. The standard InChI is InChI=1S/C16H21N5O/c1-12-11-19(2)8-9-21(12)16-18-14(10-15(22)20(16)3)13-4-6-17-7-5-13/h4-7,10,12H,8-9,11H2,1-3H3/t12-/m0/s1. The summed E-state index contributed by atoms with van der Waals surface area (Å²) in [6.45, 7) is 4.98. The molecule has 0 unspecified atom stereocenters. The molecule has 1 aliphatic heterocycles. The van der Waals surface area contributed by atoms with Crippen molar-refractivity contribution in [3.8, 4) is 11.3 Å². The highest BCUT2D eigenvalue weighted by atomic mass is 16.1. The van der Waals surface area contributed by atoms with Crippen LogP contribution in [0, 0.1) is 0 Å². The molecule has 0 N–H and O–H groups in total. The van der Waals surface area contributed by atoms with Gasteiger partial charge >= 0.3 is 0 Å². The third kappa shape index (κ3) is 2.74. The average molecular weight is 299 g/mol. The van der Waals surface area contributed by atoms with Gasteiger partial charge in [0.25, 0.3) is 5.56 Å². The highest BCUT2D eigenvalue weighted by Crippen LogP contribution is 2.20. The first-order chi connectivity index (χ1) is 10.6. The van der Waals surface area contributed by atoms with Gasteiger partial charge in [-0.3, -0.25) is 14.3 Å². The van der Waals surface area contributed by atoms with Crippen LogP contribution >= 0.6 is 0 Å². The zero-order valence-electron chi connectivity index (χ0n) is 13.2. The Kier molecular flexibility index (Phi) is 3.94. The molecular weight excluding hydrogens is 278 g/mol. The number of hydrogen-bond donors (Lipinski definition) is 0. The summed E-state index contributed by atoms with van der Waals surface area (Å²) >= 11 is 0. The van der Waals surface area contributed by atoms with Gasteiger partial charge < -0.3 is 9.80 Å². The summed E-state index contributed by atoms with van der Waals surface area (Å²) in [4.78, 5) is 25.6. The summed E-state index contributed by atoms with van der Waals surface area (Å²) in [6.07, 6.45) is 3.43. The van der Waals surface area contributed by atoms with Crippen molar-refractivity contribution in [1.82, 2.24) is 19.4 Å². The molecule has 0 saturated carbocycles. The van der Waals surface area contributed by atoms with Crippen LogP contribution in [0.2, 0.25) is 0 Å². The Balaban J connectivity index is 2.04. The normalized spacial score (nSPS) is 19.4. The monoisotopic (exact) mass is 299 g/mol. The second-order valence-electron chi connectivity index (χ2n) is 5.88. The third-order valence-electron chi connectivity index (χ3n) is 4.17. The molecular formula is C16H21N5O. The lowest BCUT2D eigenvalue weighted by atomic mass is 10.2. The minimum atomic E-state index is -0.0389. The van der Waals surface area contributed by atoms with E-state index >= 15 is 0 Å². The van der Waals surface area contributed by atoms with Gasteiger partial charge in [0.1, 0.15) is 0 Å². The highest BCUT2D eigenvalue weighted by molar-refractivity contribution is 5.59. The molecule has 3 heterocycles. The van der Waals surface area contributed by atoms with Crippen molar-refractivity contribution in [3.05, 3.63) is 40.9 Å². The SMILES string of the molecule is C[C@H]1CN(C)CCN1c1nc(-c2ccncc2)cc(=O)n1C. The average Bonchev–Trinajstić information content (AvgIpc) is 2.51. The Morgan fingerprint density at radius 2 is 1.91 bits per heavy atom. The van der Waals surface area contributed by atoms with E-state index in [0.29, 0.717) is 11.7 Å². The molecule has 0 aliphatic carbocycles. The summed E-state index contributed by atoms with van der Waals surface area (Å²) < 4.78 is 1.63. The lowest BCUT2D eigenvalue weighted by Gasteiger charge is -2.39. The highest BCUT2D eigenvalue weighted by Gasteiger charge is 2.25. The summed E-state index contributed by atoms with van der Waals surface area (Å²) in [5.74, 6) is 0.736. The summed E-state index contributed by atoms with van der Waals surface area (Å²) in [6, 6.07) is 5.65. The van der Waals surface area contributed by atoms with Gasteiger partial charge in [0.15, 0.2) is 0 Å². The first kappa shape index (κ1) is 14.7. The van der Waals surface area contributed by atoms with Gasteiger partial charge in [-0.25, -0.2) is 4.98 Å². The molecule has 0 aromatic carbocycles. The van der Waals surface area contributed by atoms with Crippen molar-refractivity contribution in [2.75, 3.05) is 31.6 Å². The number of likely N-dealkylation sites (N-methyl/N-ethyl adjacent to an activating group) is 1. The fourth-order valence-corrected chi connectivity index (χ4v) is 2.89. The van der Waals surface area contributed by atoms with Crippen molar-refractivity contribution < 1.29 is 0 Å². The van der Waals surface area contributed by atoms with Gasteiger partial charge in [0.05, 0.1) is 5.69 Å². The van der Waals surface area contributed by atoms with Crippen LogP contribution < -0.4 is 10.5 Å².